The van der Waals surface area contributed by atoms with Gasteiger partial charge in [0.15, 0.2) is 0 Å². The molecule has 2 aromatic carbocycles. The standard InChI is InChI=1S/C16H16BrClFNS/c1-20-14(9-11-8-13(19)4-7-16(11)18)10-21-15-5-2-12(17)3-6-15/h2-8,14,20H,9-10H2,1H3. The smallest absolute Gasteiger partial charge is 0.123 e. The van der Waals surface area contributed by atoms with Crippen LogP contribution >= 0.6 is 39.3 Å². The van der Waals surface area contributed by atoms with Crippen molar-refractivity contribution in [2.75, 3.05) is 12.8 Å². The van der Waals surface area contributed by atoms with Gasteiger partial charge < -0.3 is 5.32 Å². The Kier molecular flexibility index (Phi) is 6.55. The molecule has 1 N–H and O–H groups in total. The fourth-order valence-corrected chi connectivity index (χ4v) is 3.40. The lowest BCUT2D eigenvalue weighted by Crippen LogP contribution is -2.30. The first kappa shape index (κ1) is 16.8. The van der Waals surface area contributed by atoms with Crippen molar-refractivity contribution in [2.24, 2.45) is 0 Å². The SMILES string of the molecule is CNC(CSc1ccc(Br)cc1)Cc1cc(F)ccc1Cl. The summed E-state index contributed by atoms with van der Waals surface area (Å²) in [5.74, 6) is 0.648. The zero-order valence-electron chi connectivity index (χ0n) is 11.6. The third-order valence-electron chi connectivity index (χ3n) is 3.15. The van der Waals surface area contributed by atoms with Crippen molar-refractivity contribution in [3.63, 3.8) is 0 Å². The Morgan fingerprint density at radius 1 is 1.24 bits per heavy atom. The minimum absolute atomic E-state index is 0.234. The van der Waals surface area contributed by atoms with Crippen LogP contribution in [0.3, 0.4) is 0 Å². The zero-order valence-corrected chi connectivity index (χ0v) is 14.7. The van der Waals surface area contributed by atoms with E-state index in [9.17, 15) is 4.39 Å². The topological polar surface area (TPSA) is 12.0 Å². The summed E-state index contributed by atoms with van der Waals surface area (Å²) in [7, 11) is 1.92. The van der Waals surface area contributed by atoms with Gasteiger partial charge in [-0.2, -0.15) is 0 Å². The van der Waals surface area contributed by atoms with Gasteiger partial charge in [-0.05, 0) is 61.5 Å². The molecule has 1 unspecified atom stereocenters. The fourth-order valence-electron chi connectivity index (χ4n) is 1.94. The molecule has 0 fully saturated rings. The number of thioether (sulfide) groups is 1. The highest BCUT2D eigenvalue weighted by Crippen LogP contribution is 2.24. The maximum Gasteiger partial charge on any atom is 0.123 e. The maximum absolute atomic E-state index is 13.3. The molecule has 112 valence electrons. The summed E-state index contributed by atoms with van der Waals surface area (Å²) >= 11 is 11.3. The van der Waals surface area contributed by atoms with E-state index in [2.05, 4.69) is 33.4 Å². The lowest BCUT2D eigenvalue weighted by Gasteiger charge is -2.17. The van der Waals surface area contributed by atoms with Gasteiger partial charge in [0.1, 0.15) is 5.82 Å². The van der Waals surface area contributed by atoms with Crippen LogP contribution in [0.4, 0.5) is 4.39 Å². The monoisotopic (exact) mass is 387 g/mol. The Bertz CT molecular complexity index is 591. The van der Waals surface area contributed by atoms with E-state index >= 15 is 0 Å². The third kappa shape index (κ3) is 5.29. The van der Waals surface area contributed by atoms with Crippen LogP contribution in [0.25, 0.3) is 0 Å². The molecule has 0 heterocycles. The summed E-state index contributed by atoms with van der Waals surface area (Å²) in [4.78, 5) is 1.21. The Hall–Kier alpha value is -0.550. The van der Waals surface area contributed by atoms with E-state index in [-0.39, 0.29) is 11.9 Å². The molecule has 0 saturated heterocycles. The van der Waals surface area contributed by atoms with Crippen molar-refractivity contribution in [1.29, 1.82) is 0 Å². The predicted molar refractivity (Wildman–Crippen MR) is 92.8 cm³/mol. The second kappa shape index (κ2) is 8.18. The van der Waals surface area contributed by atoms with Crippen LogP contribution in [0, 0.1) is 5.82 Å². The van der Waals surface area contributed by atoms with Crippen molar-refractivity contribution < 1.29 is 4.39 Å². The largest absolute Gasteiger partial charge is 0.316 e. The van der Waals surface area contributed by atoms with E-state index in [0.717, 1.165) is 15.8 Å². The van der Waals surface area contributed by atoms with E-state index < -0.39 is 0 Å². The van der Waals surface area contributed by atoms with Gasteiger partial charge in [0.25, 0.3) is 0 Å². The third-order valence-corrected chi connectivity index (χ3v) is 5.22. The molecule has 1 nitrogen and oxygen atoms in total. The van der Waals surface area contributed by atoms with Gasteiger partial charge in [-0.25, -0.2) is 4.39 Å². The first-order valence-corrected chi connectivity index (χ1v) is 8.73. The highest BCUT2D eigenvalue weighted by atomic mass is 79.9. The van der Waals surface area contributed by atoms with Gasteiger partial charge in [0, 0.05) is 26.2 Å². The molecule has 0 aliphatic heterocycles. The van der Waals surface area contributed by atoms with Crippen LogP contribution in [0.2, 0.25) is 5.02 Å². The first-order valence-electron chi connectivity index (χ1n) is 6.58. The van der Waals surface area contributed by atoms with E-state index in [1.54, 1.807) is 17.8 Å². The molecule has 0 aliphatic carbocycles. The molecule has 0 aliphatic rings. The zero-order chi connectivity index (χ0) is 15.2. The first-order chi connectivity index (χ1) is 10.1. The molecular weight excluding hydrogens is 373 g/mol. The minimum Gasteiger partial charge on any atom is -0.316 e. The second-order valence-electron chi connectivity index (χ2n) is 4.69. The molecule has 0 amide bonds. The number of likely N-dealkylation sites (N-methyl/N-ethyl adjacent to an activating group) is 1. The van der Waals surface area contributed by atoms with Gasteiger partial charge in [-0.3, -0.25) is 0 Å². The number of hydrogen-bond acceptors (Lipinski definition) is 2. The Morgan fingerprint density at radius 2 is 1.95 bits per heavy atom. The minimum atomic E-state index is -0.246. The van der Waals surface area contributed by atoms with E-state index in [1.807, 2.05) is 19.2 Å². The highest BCUT2D eigenvalue weighted by molar-refractivity contribution is 9.10. The van der Waals surface area contributed by atoms with Crippen LogP contribution in [0.15, 0.2) is 51.8 Å². The summed E-state index contributed by atoms with van der Waals surface area (Å²) in [5.41, 5.74) is 0.840. The lowest BCUT2D eigenvalue weighted by molar-refractivity contribution is 0.603. The van der Waals surface area contributed by atoms with Crippen LogP contribution in [0.1, 0.15) is 5.56 Å². The fraction of sp³-hybridized carbons (Fsp3) is 0.250. The number of benzene rings is 2. The van der Waals surface area contributed by atoms with Crippen molar-refractivity contribution in [3.05, 3.63) is 63.3 Å². The van der Waals surface area contributed by atoms with Gasteiger partial charge in [0.2, 0.25) is 0 Å². The van der Waals surface area contributed by atoms with Gasteiger partial charge in [-0.1, -0.05) is 27.5 Å². The van der Waals surface area contributed by atoms with Crippen molar-refractivity contribution in [3.8, 4) is 0 Å². The average molecular weight is 389 g/mol. The maximum atomic E-state index is 13.3. The van der Waals surface area contributed by atoms with Crippen LogP contribution in [-0.2, 0) is 6.42 Å². The van der Waals surface area contributed by atoms with E-state index in [4.69, 9.17) is 11.6 Å². The molecule has 1 atom stereocenters. The lowest BCUT2D eigenvalue weighted by atomic mass is 10.1. The normalized spacial score (nSPS) is 12.4. The van der Waals surface area contributed by atoms with Crippen molar-refractivity contribution >= 4 is 39.3 Å². The molecular formula is C16H16BrClFNS. The average Bonchev–Trinajstić information content (AvgIpc) is 2.48. The molecule has 2 rings (SSSR count). The Labute approximate surface area is 142 Å². The van der Waals surface area contributed by atoms with Gasteiger partial charge in [-0.15, -0.1) is 11.8 Å². The van der Waals surface area contributed by atoms with Crippen molar-refractivity contribution in [2.45, 2.75) is 17.4 Å². The molecule has 0 aromatic heterocycles. The van der Waals surface area contributed by atoms with Crippen LogP contribution < -0.4 is 5.32 Å². The van der Waals surface area contributed by atoms with Gasteiger partial charge in [0.05, 0.1) is 0 Å². The molecule has 0 spiro atoms. The molecule has 0 radical (unpaired) electrons. The van der Waals surface area contributed by atoms with Crippen molar-refractivity contribution in [1.82, 2.24) is 5.32 Å². The van der Waals surface area contributed by atoms with E-state index in [1.165, 1.54) is 17.0 Å². The van der Waals surface area contributed by atoms with Gasteiger partial charge >= 0.3 is 0 Å². The Balaban J connectivity index is 1.96. The summed E-state index contributed by atoms with van der Waals surface area (Å²) in [6.07, 6.45) is 0.705. The summed E-state index contributed by atoms with van der Waals surface area (Å²) in [5, 5.41) is 3.88. The molecule has 0 saturated carbocycles. The number of hydrogen-bond donors (Lipinski definition) is 1. The predicted octanol–water partition coefficient (Wildman–Crippen LogP) is 5.16. The summed E-state index contributed by atoms with van der Waals surface area (Å²) < 4.78 is 14.4. The van der Waals surface area contributed by atoms with Crippen LogP contribution in [0.5, 0.6) is 0 Å². The molecule has 2 aromatic rings. The number of halogens is 3. The van der Waals surface area contributed by atoms with E-state index in [0.29, 0.717) is 11.4 Å². The molecule has 5 heteroatoms. The Morgan fingerprint density at radius 3 is 2.62 bits per heavy atom. The molecule has 0 bridgehead atoms. The second-order valence-corrected chi connectivity index (χ2v) is 7.11. The summed E-state index contributed by atoms with van der Waals surface area (Å²) in [6.45, 7) is 0. The number of nitrogens with one attached hydrogen (secondary N) is 1. The summed E-state index contributed by atoms with van der Waals surface area (Å²) in [6, 6.07) is 13.0. The number of rotatable bonds is 6. The highest BCUT2D eigenvalue weighted by Gasteiger charge is 2.11. The quantitative estimate of drug-likeness (QED) is 0.686. The van der Waals surface area contributed by atoms with Crippen LogP contribution in [-0.4, -0.2) is 18.8 Å². The molecule has 21 heavy (non-hydrogen) atoms.